The van der Waals surface area contributed by atoms with Crippen molar-refractivity contribution in [2.45, 2.75) is 19.1 Å². The van der Waals surface area contributed by atoms with Gasteiger partial charge in [0.05, 0.1) is 18.7 Å². The van der Waals surface area contributed by atoms with Gasteiger partial charge in [0.2, 0.25) is 0 Å². The van der Waals surface area contributed by atoms with Crippen molar-refractivity contribution < 1.29 is 14.3 Å². The maximum atomic E-state index is 13.0. The fourth-order valence-corrected chi connectivity index (χ4v) is 2.47. The lowest BCUT2D eigenvalue weighted by Gasteiger charge is -2.24. The molecule has 0 bridgehead atoms. The van der Waals surface area contributed by atoms with Crippen molar-refractivity contribution in [2.24, 2.45) is 5.11 Å². The Labute approximate surface area is 134 Å². The summed E-state index contributed by atoms with van der Waals surface area (Å²) in [4.78, 5) is 2.66. The lowest BCUT2D eigenvalue weighted by atomic mass is 9.98. The van der Waals surface area contributed by atoms with Gasteiger partial charge in [-0.25, -0.2) is 0 Å². The van der Waals surface area contributed by atoms with E-state index in [0.717, 1.165) is 22.4 Å². The Morgan fingerprint density at radius 2 is 2.09 bits per heavy atom. The predicted molar refractivity (Wildman–Crippen MR) is 85.3 cm³/mol. The molecular formula is C16H19FN4O2. The molecule has 0 aromatic heterocycles. The minimum atomic E-state index is -0.900. The van der Waals surface area contributed by atoms with Gasteiger partial charge >= 0.3 is 0 Å². The van der Waals surface area contributed by atoms with Gasteiger partial charge in [-0.3, -0.25) is 14.7 Å². The lowest BCUT2D eigenvalue weighted by molar-refractivity contribution is -0.0426. The number of rotatable bonds is 6. The first-order valence-corrected chi connectivity index (χ1v) is 7.18. The van der Waals surface area contributed by atoms with Crippen molar-refractivity contribution in [3.05, 3.63) is 63.7 Å². The molecule has 1 aromatic carbocycles. The van der Waals surface area contributed by atoms with Gasteiger partial charge in [0.1, 0.15) is 6.67 Å². The number of allylic oxidation sites excluding steroid dienone is 3. The van der Waals surface area contributed by atoms with Crippen LogP contribution in [-0.4, -0.2) is 36.6 Å². The van der Waals surface area contributed by atoms with Gasteiger partial charge in [-0.1, -0.05) is 35.5 Å². The van der Waals surface area contributed by atoms with Crippen LogP contribution in [0, 0.1) is 0 Å². The van der Waals surface area contributed by atoms with Gasteiger partial charge < -0.3 is 4.74 Å². The molecule has 1 N–H and O–H groups in total. The van der Waals surface area contributed by atoms with Crippen LogP contribution in [0.5, 0.6) is 0 Å². The van der Waals surface area contributed by atoms with E-state index in [-0.39, 0.29) is 0 Å². The molecule has 2 atom stereocenters. The second-order valence-corrected chi connectivity index (χ2v) is 5.26. The molecule has 0 fully saturated rings. The third-order valence-corrected chi connectivity index (χ3v) is 3.82. The van der Waals surface area contributed by atoms with E-state index < -0.39 is 18.8 Å². The highest BCUT2D eigenvalue weighted by Gasteiger charge is 2.22. The van der Waals surface area contributed by atoms with Crippen LogP contribution >= 0.6 is 0 Å². The molecule has 122 valence electrons. The first kappa shape index (κ1) is 17.0. The van der Waals surface area contributed by atoms with Crippen LogP contribution in [-0.2, 0) is 4.74 Å². The number of hydroxylamine groups is 2. The molecule has 0 saturated carbocycles. The number of benzene rings is 1. The van der Waals surface area contributed by atoms with Gasteiger partial charge in [0.25, 0.3) is 0 Å². The van der Waals surface area contributed by atoms with Crippen molar-refractivity contribution in [3.63, 3.8) is 0 Å². The van der Waals surface area contributed by atoms with E-state index in [1.54, 1.807) is 0 Å². The number of alkyl halides is 1. The normalized spacial score (nSPS) is 17.0. The van der Waals surface area contributed by atoms with Crippen molar-refractivity contribution in [3.8, 4) is 0 Å². The van der Waals surface area contributed by atoms with Crippen molar-refractivity contribution in [2.75, 3.05) is 20.3 Å². The van der Waals surface area contributed by atoms with Gasteiger partial charge in [-0.2, -0.15) is 0 Å². The van der Waals surface area contributed by atoms with Crippen LogP contribution in [0.15, 0.2) is 47.2 Å². The average molecular weight is 318 g/mol. The SMILES string of the molecule is CO[C@H](c1ccc(C2=CC=C(C)N(O)C2)cc1)[C@@H](CF)N=[N+]=[N-]. The summed E-state index contributed by atoms with van der Waals surface area (Å²) in [5, 5.41) is 14.4. The molecule has 0 amide bonds. The van der Waals surface area contributed by atoms with Crippen LogP contribution in [0.25, 0.3) is 16.0 Å². The zero-order valence-electron chi connectivity index (χ0n) is 13.1. The number of hydrogen-bond donors (Lipinski definition) is 1. The lowest BCUT2D eigenvalue weighted by Crippen LogP contribution is -2.22. The van der Waals surface area contributed by atoms with E-state index in [1.807, 2.05) is 43.3 Å². The number of ether oxygens (including phenoxy) is 1. The Bertz CT molecular complexity index is 651. The summed E-state index contributed by atoms with van der Waals surface area (Å²) in [6.07, 6.45) is 3.16. The number of halogens is 1. The van der Waals surface area contributed by atoms with Crippen LogP contribution in [0.3, 0.4) is 0 Å². The molecular weight excluding hydrogens is 299 g/mol. The van der Waals surface area contributed by atoms with Crippen LogP contribution in [0.4, 0.5) is 4.39 Å². The van der Waals surface area contributed by atoms with E-state index in [4.69, 9.17) is 10.3 Å². The summed E-state index contributed by atoms with van der Waals surface area (Å²) < 4.78 is 18.3. The molecule has 1 aliphatic heterocycles. The monoisotopic (exact) mass is 318 g/mol. The van der Waals surface area contributed by atoms with Crippen LogP contribution in [0.2, 0.25) is 0 Å². The van der Waals surface area contributed by atoms with E-state index in [1.165, 1.54) is 12.2 Å². The van der Waals surface area contributed by atoms with E-state index in [9.17, 15) is 9.60 Å². The summed E-state index contributed by atoms with van der Waals surface area (Å²) in [7, 11) is 1.45. The van der Waals surface area contributed by atoms with Crippen molar-refractivity contribution >= 4 is 5.57 Å². The standard InChI is InChI=1S/C16H19FN4O2/c1-11-3-4-14(10-21(11)22)12-5-7-13(8-6-12)16(23-2)15(9-17)19-20-18/h3-8,15-16,22H,9-10H2,1-2H3/t15-,16-/m1/s1. The number of azide groups is 1. The fraction of sp³-hybridized carbons (Fsp3) is 0.375. The van der Waals surface area contributed by atoms with Gasteiger partial charge in [-0.15, -0.1) is 0 Å². The molecule has 6 nitrogen and oxygen atoms in total. The number of methoxy groups -OCH3 is 1. The summed E-state index contributed by atoms with van der Waals surface area (Å²) >= 11 is 0. The Morgan fingerprint density at radius 3 is 2.61 bits per heavy atom. The largest absolute Gasteiger partial charge is 0.376 e. The summed E-state index contributed by atoms with van der Waals surface area (Å²) in [5.74, 6) is 0. The molecule has 2 rings (SSSR count). The van der Waals surface area contributed by atoms with E-state index in [0.29, 0.717) is 6.54 Å². The Balaban J connectivity index is 2.23. The van der Waals surface area contributed by atoms with Gasteiger partial charge in [0, 0.05) is 17.7 Å². The molecule has 7 heteroatoms. The average Bonchev–Trinajstić information content (AvgIpc) is 2.58. The third-order valence-electron chi connectivity index (χ3n) is 3.82. The van der Waals surface area contributed by atoms with E-state index >= 15 is 0 Å². The maximum Gasteiger partial charge on any atom is 0.101 e. The Kier molecular flexibility index (Phi) is 5.76. The van der Waals surface area contributed by atoms with Crippen molar-refractivity contribution in [1.82, 2.24) is 5.06 Å². The predicted octanol–water partition coefficient (Wildman–Crippen LogP) is 4.01. The molecule has 0 radical (unpaired) electrons. The van der Waals surface area contributed by atoms with E-state index in [2.05, 4.69) is 10.0 Å². The highest BCUT2D eigenvalue weighted by molar-refractivity contribution is 5.69. The fourth-order valence-electron chi connectivity index (χ4n) is 2.47. The highest BCUT2D eigenvalue weighted by atomic mass is 19.1. The summed E-state index contributed by atoms with van der Waals surface area (Å²) in [6, 6.07) is 6.48. The molecule has 23 heavy (non-hydrogen) atoms. The molecule has 1 aromatic rings. The Morgan fingerprint density at radius 1 is 1.39 bits per heavy atom. The summed E-state index contributed by atoms with van der Waals surface area (Å²) in [5.41, 5.74) is 11.9. The molecule has 0 unspecified atom stereocenters. The maximum absolute atomic E-state index is 13.0. The third kappa shape index (κ3) is 3.90. The zero-order valence-corrected chi connectivity index (χ0v) is 13.1. The van der Waals surface area contributed by atoms with Gasteiger partial charge in [0.15, 0.2) is 0 Å². The molecule has 1 aliphatic rings. The minimum Gasteiger partial charge on any atom is -0.376 e. The number of hydrogen-bond acceptors (Lipinski definition) is 4. The molecule has 0 spiro atoms. The van der Waals surface area contributed by atoms with Crippen LogP contribution in [0.1, 0.15) is 24.2 Å². The topological polar surface area (TPSA) is 81.5 Å². The highest BCUT2D eigenvalue weighted by Crippen LogP contribution is 2.27. The zero-order chi connectivity index (χ0) is 16.8. The molecule has 0 aliphatic carbocycles. The smallest absolute Gasteiger partial charge is 0.101 e. The second kappa shape index (κ2) is 7.78. The first-order valence-electron chi connectivity index (χ1n) is 7.18. The molecule has 1 heterocycles. The van der Waals surface area contributed by atoms with Crippen molar-refractivity contribution in [1.29, 1.82) is 0 Å². The second-order valence-electron chi connectivity index (χ2n) is 5.26. The Hall–Kier alpha value is -2.34. The first-order chi connectivity index (χ1) is 11.1. The number of nitrogens with zero attached hydrogens (tertiary/aromatic N) is 4. The quantitative estimate of drug-likeness (QED) is 0.488. The minimum absolute atomic E-state index is 0.404. The van der Waals surface area contributed by atoms with Crippen LogP contribution < -0.4 is 0 Å². The summed E-state index contributed by atoms with van der Waals surface area (Å²) in [6.45, 7) is 1.44. The molecule has 0 saturated heterocycles. The van der Waals surface area contributed by atoms with Gasteiger partial charge in [-0.05, 0) is 35.2 Å².